The number of amides is 1. The number of halogens is 1. The molecule has 0 fully saturated rings. The van der Waals surface area contributed by atoms with Gasteiger partial charge in [-0.05, 0) is 61.4 Å². The van der Waals surface area contributed by atoms with Gasteiger partial charge in [0.25, 0.3) is 5.91 Å². The fourth-order valence-corrected chi connectivity index (χ4v) is 3.63. The van der Waals surface area contributed by atoms with Crippen molar-refractivity contribution < 1.29 is 14.3 Å². The number of benzene rings is 3. The molecule has 4 rings (SSSR count). The molecule has 0 spiro atoms. The maximum Gasteiger partial charge on any atom is 0.276 e. The van der Waals surface area contributed by atoms with Crippen molar-refractivity contribution in [3.8, 4) is 5.75 Å². The van der Waals surface area contributed by atoms with Crippen molar-refractivity contribution in [1.29, 1.82) is 0 Å². The van der Waals surface area contributed by atoms with Crippen molar-refractivity contribution >= 4 is 29.0 Å². The lowest BCUT2D eigenvalue weighted by Gasteiger charge is -2.11. The molecule has 1 aromatic heterocycles. The van der Waals surface area contributed by atoms with Gasteiger partial charge in [0, 0.05) is 22.3 Å². The molecule has 1 heterocycles. The quantitative estimate of drug-likeness (QED) is 0.361. The van der Waals surface area contributed by atoms with Gasteiger partial charge in [0.2, 0.25) is 0 Å². The molecule has 3 aromatic carbocycles. The predicted octanol–water partition coefficient (Wildman–Crippen LogP) is 5.67. The Bertz CT molecular complexity index is 1300. The van der Waals surface area contributed by atoms with E-state index < -0.39 is 5.91 Å². The van der Waals surface area contributed by atoms with Crippen LogP contribution in [0, 0.1) is 13.8 Å². The first-order valence-corrected chi connectivity index (χ1v) is 10.7. The topological polar surface area (TPSA) is 73.2 Å². The third-order valence-corrected chi connectivity index (χ3v) is 5.18. The summed E-state index contributed by atoms with van der Waals surface area (Å²) in [6, 6.07) is 21.1. The molecule has 4 aromatic rings. The number of hydrogen-bond acceptors (Lipinski definition) is 4. The summed E-state index contributed by atoms with van der Waals surface area (Å²) < 4.78 is 7.32. The lowest BCUT2D eigenvalue weighted by atomic mass is 10.0. The monoisotopic (exact) mass is 459 g/mol. The number of ether oxygens (including phenoxy) is 1. The fourth-order valence-electron chi connectivity index (χ4n) is 3.46. The highest BCUT2D eigenvalue weighted by atomic mass is 35.5. The minimum Gasteiger partial charge on any atom is -0.471 e. The Kier molecular flexibility index (Phi) is 6.56. The molecule has 1 N–H and O–H groups in total. The number of aromatic nitrogens is 2. The van der Waals surface area contributed by atoms with E-state index in [2.05, 4.69) is 16.5 Å². The number of hydrogen-bond donors (Lipinski definition) is 1. The lowest BCUT2D eigenvalue weighted by Crippen LogP contribution is -2.16. The first kappa shape index (κ1) is 22.3. The molecule has 0 bridgehead atoms. The largest absolute Gasteiger partial charge is 0.471 e. The van der Waals surface area contributed by atoms with Gasteiger partial charge in [-0.15, -0.1) is 0 Å². The third kappa shape index (κ3) is 5.48. The molecule has 166 valence electrons. The second kappa shape index (κ2) is 9.71. The SMILES string of the molecule is Cc1cc(C)cc(OCn2ccc(C(=O)Nc3ccc(Cl)cc3C(=O)c3ccccc3)n2)c1. The Morgan fingerprint density at radius 1 is 0.970 bits per heavy atom. The van der Waals surface area contributed by atoms with E-state index in [1.165, 1.54) is 4.68 Å². The predicted molar refractivity (Wildman–Crippen MR) is 128 cm³/mol. The van der Waals surface area contributed by atoms with Crippen LogP contribution in [-0.2, 0) is 6.73 Å². The molecule has 6 nitrogen and oxygen atoms in total. The van der Waals surface area contributed by atoms with E-state index in [1.54, 1.807) is 54.7 Å². The maximum atomic E-state index is 13.0. The van der Waals surface area contributed by atoms with Crippen LogP contribution in [-0.4, -0.2) is 21.5 Å². The highest BCUT2D eigenvalue weighted by Crippen LogP contribution is 2.24. The second-order valence-corrected chi connectivity index (χ2v) is 8.11. The Morgan fingerprint density at radius 3 is 2.42 bits per heavy atom. The van der Waals surface area contributed by atoms with E-state index in [4.69, 9.17) is 16.3 Å². The van der Waals surface area contributed by atoms with Crippen LogP contribution in [0.25, 0.3) is 0 Å². The lowest BCUT2D eigenvalue weighted by molar-refractivity contribution is 0.102. The summed E-state index contributed by atoms with van der Waals surface area (Å²) in [5.74, 6) is 0.0598. The minimum absolute atomic E-state index is 0.162. The molecule has 0 saturated heterocycles. The summed E-state index contributed by atoms with van der Waals surface area (Å²) in [5.41, 5.74) is 3.58. The molecule has 0 atom stereocenters. The number of nitrogens with zero attached hydrogens (tertiary/aromatic N) is 2. The number of rotatable bonds is 7. The van der Waals surface area contributed by atoms with Crippen LogP contribution in [0.1, 0.15) is 37.5 Å². The highest BCUT2D eigenvalue weighted by molar-refractivity contribution is 6.31. The van der Waals surface area contributed by atoms with Crippen molar-refractivity contribution in [2.24, 2.45) is 0 Å². The summed E-state index contributed by atoms with van der Waals surface area (Å²) in [7, 11) is 0. The molecular formula is C26H22ClN3O3. The molecule has 0 aliphatic heterocycles. The standard InChI is InChI=1S/C26H22ClN3O3/c1-17-12-18(2)14-21(13-17)33-16-30-11-10-24(29-30)26(32)28-23-9-8-20(27)15-22(23)25(31)19-6-4-3-5-7-19/h3-15H,16H2,1-2H3,(H,28,32). The zero-order valence-electron chi connectivity index (χ0n) is 18.2. The molecule has 7 heteroatoms. The normalized spacial score (nSPS) is 10.6. The smallest absolute Gasteiger partial charge is 0.276 e. The Balaban J connectivity index is 1.48. The zero-order chi connectivity index (χ0) is 23.4. The Morgan fingerprint density at radius 2 is 1.70 bits per heavy atom. The molecule has 0 radical (unpaired) electrons. The average Bonchev–Trinajstić information content (AvgIpc) is 3.28. The average molecular weight is 460 g/mol. The van der Waals surface area contributed by atoms with Gasteiger partial charge in [0.15, 0.2) is 18.2 Å². The van der Waals surface area contributed by atoms with Crippen LogP contribution >= 0.6 is 11.6 Å². The van der Waals surface area contributed by atoms with Crippen molar-refractivity contribution in [2.45, 2.75) is 20.6 Å². The number of anilines is 1. The minimum atomic E-state index is -0.440. The number of ketones is 1. The molecule has 33 heavy (non-hydrogen) atoms. The maximum absolute atomic E-state index is 13.0. The molecule has 0 aliphatic carbocycles. The molecular weight excluding hydrogens is 438 g/mol. The third-order valence-electron chi connectivity index (χ3n) is 4.94. The molecule has 0 saturated carbocycles. The Hall–Kier alpha value is -3.90. The zero-order valence-corrected chi connectivity index (χ0v) is 19.0. The summed E-state index contributed by atoms with van der Waals surface area (Å²) >= 11 is 6.12. The van der Waals surface area contributed by atoms with Gasteiger partial charge in [-0.1, -0.05) is 48.0 Å². The van der Waals surface area contributed by atoms with Crippen LogP contribution in [0.3, 0.4) is 0 Å². The van der Waals surface area contributed by atoms with Crippen molar-refractivity contribution in [3.05, 3.63) is 112 Å². The van der Waals surface area contributed by atoms with Crippen LogP contribution in [0.4, 0.5) is 5.69 Å². The molecule has 0 unspecified atom stereocenters. The van der Waals surface area contributed by atoms with Gasteiger partial charge in [-0.2, -0.15) is 5.10 Å². The first-order valence-electron chi connectivity index (χ1n) is 10.3. The van der Waals surface area contributed by atoms with Gasteiger partial charge in [-0.3, -0.25) is 9.59 Å². The summed E-state index contributed by atoms with van der Waals surface area (Å²) in [6.45, 7) is 4.17. The van der Waals surface area contributed by atoms with Gasteiger partial charge < -0.3 is 10.1 Å². The van der Waals surface area contributed by atoms with E-state index in [1.807, 2.05) is 32.0 Å². The number of aryl methyl sites for hydroxylation is 2. The number of carbonyl (C=O) groups is 2. The summed E-state index contributed by atoms with van der Waals surface area (Å²) in [6.07, 6.45) is 1.66. The van der Waals surface area contributed by atoms with Gasteiger partial charge in [-0.25, -0.2) is 4.68 Å². The number of carbonyl (C=O) groups excluding carboxylic acids is 2. The van der Waals surface area contributed by atoms with Crippen LogP contribution in [0.15, 0.2) is 79.0 Å². The van der Waals surface area contributed by atoms with Crippen molar-refractivity contribution in [1.82, 2.24) is 9.78 Å². The second-order valence-electron chi connectivity index (χ2n) is 7.68. The van der Waals surface area contributed by atoms with Crippen molar-refractivity contribution in [2.75, 3.05) is 5.32 Å². The van der Waals surface area contributed by atoms with E-state index in [-0.39, 0.29) is 18.2 Å². The highest BCUT2D eigenvalue weighted by Gasteiger charge is 2.18. The van der Waals surface area contributed by atoms with Gasteiger partial charge >= 0.3 is 0 Å². The van der Waals surface area contributed by atoms with E-state index >= 15 is 0 Å². The summed E-state index contributed by atoms with van der Waals surface area (Å²) in [5, 5.41) is 7.46. The van der Waals surface area contributed by atoms with Crippen LogP contribution < -0.4 is 10.1 Å². The molecule has 0 aliphatic rings. The Labute approximate surface area is 196 Å². The van der Waals surface area contributed by atoms with E-state index in [0.29, 0.717) is 21.8 Å². The fraction of sp³-hybridized carbons (Fsp3) is 0.115. The van der Waals surface area contributed by atoms with Crippen LogP contribution in [0.2, 0.25) is 5.02 Å². The van der Waals surface area contributed by atoms with Gasteiger partial charge in [0.05, 0.1) is 5.69 Å². The molecule has 1 amide bonds. The van der Waals surface area contributed by atoms with Crippen LogP contribution in [0.5, 0.6) is 5.75 Å². The van der Waals surface area contributed by atoms with Crippen molar-refractivity contribution in [3.63, 3.8) is 0 Å². The van der Waals surface area contributed by atoms with E-state index in [9.17, 15) is 9.59 Å². The van der Waals surface area contributed by atoms with Gasteiger partial charge in [0.1, 0.15) is 5.75 Å². The summed E-state index contributed by atoms with van der Waals surface area (Å²) in [4.78, 5) is 25.8. The number of nitrogens with one attached hydrogen (secondary N) is 1. The first-order chi connectivity index (χ1) is 15.9. The van der Waals surface area contributed by atoms with E-state index in [0.717, 1.165) is 16.9 Å².